The predicted octanol–water partition coefficient (Wildman–Crippen LogP) is 6.06. The topological polar surface area (TPSA) is 66.8 Å². The third kappa shape index (κ3) is 6.08. The van der Waals surface area contributed by atoms with E-state index in [1.807, 2.05) is 36.4 Å². The number of benzene rings is 3. The van der Waals surface area contributed by atoms with Crippen molar-refractivity contribution < 1.29 is 22.7 Å². The summed E-state index contributed by atoms with van der Waals surface area (Å²) in [5, 5.41) is 10.1. The van der Waals surface area contributed by atoms with Gasteiger partial charge in [-0.1, -0.05) is 24.3 Å². The fourth-order valence-electron chi connectivity index (χ4n) is 5.18. The molecule has 200 valence electrons. The van der Waals surface area contributed by atoms with Gasteiger partial charge in [0.2, 0.25) is 0 Å². The molecule has 38 heavy (non-hydrogen) atoms. The number of rotatable bonds is 8. The highest BCUT2D eigenvalue weighted by Gasteiger charge is 2.24. The van der Waals surface area contributed by atoms with E-state index in [1.54, 1.807) is 30.0 Å². The van der Waals surface area contributed by atoms with Crippen molar-refractivity contribution in [1.29, 1.82) is 0 Å². The first-order valence-electron chi connectivity index (χ1n) is 12.9. The number of hydrogen-bond donors (Lipinski definition) is 1. The predicted molar refractivity (Wildman–Crippen MR) is 151 cm³/mol. The second-order valence-corrected chi connectivity index (χ2v) is 13.0. The molecule has 0 amide bonds. The molecule has 2 heterocycles. The van der Waals surface area contributed by atoms with Crippen LogP contribution in [0.2, 0.25) is 0 Å². The Morgan fingerprint density at radius 2 is 1.79 bits per heavy atom. The number of alkyl halides is 1. The van der Waals surface area contributed by atoms with Crippen molar-refractivity contribution in [2.24, 2.45) is 0 Å². The number of halogens is 1. The van der Waals surface area contributed by atoms with E-state index in [-0.39, 0.29) is 18.5 Å². The van der Waals surface area contributed by atoms with E-state index in [9.17, 15) is 17.9 Å². The quantitative estimate of drug-likeness (QED) is 0.366. The summed E-state index contributed by atoms with van der Waals surface area (Å²) >= 11 is 1.71. The van der Waals surface area contributed by atoms with Gasteiger partial charge in [0.25, 0.3) is 0 Å². The van der Waals surface area contributed by atoms with Gasteiger partial charge in [0.15, 0.2) is 9.84 Å². The summed E-state index contributed by atoms with van der Waals surface area (Å²) in [5.41, 5.74) is 5.26. The van der Waals surface area contributed by atoms with Gasteiger partial charge in [0, 0.05) is 36.5 Å². The standard InChI is InChI=1S/C30H32FNO4S2/c1-38(34,35)26-10-5-21(6-11-26)27-14-18-37-29-19-23(33)7-12-28(29)30(27)22-3-8-24(9-4-22)36-25-13-17-32(20-25)16-2-15-31/h3-12,19,25,33H,2,13-18,20H2,1H3/t25-/m0/s1. The SMILES string of the molecule is CS(=O)(=O)c1ccc(C2=C(c3ccc(O[C@H]4CCN(CCCF)C4)cc3)c3ccc(O)cc3SCC2)cc1. The number of sulfone groups is 1. The van der Waals surface area contributed by atoms with Crippen molar-refractivity contribution in [3.05, 3.63) is 83.4 Å². The molecule has 2 aliphatic heterocycles. The number of nitrogens with zero attached hydrogens (tertiary/aromatic N) is 1. The molecule has 0 aromatic heterocycles. The molecule has 0 spiro atoms. The molecule has 0 unspecified atom stereocenters. The fraction of sp³-hybridized carbons (Fsp3) is 0.333. The minimum atomic E-state index is -3.28. The summed E-state index contributed by atoms with van der Waals surface area (Å²) in [7, 11) is -3.28. The van der Waals surface area contributed by atoms with Crippen molar-refractivity contribution >= 4 is 32.7 Å². The van der Waals surface area contributed by atoms with Crippen LogP contribution in [0.25, 0.3) is 11.1 Å². The van der Waals surface area contributed by atoms with Gasteiger partial charge in [0.1, 0.15) is 17.6 Å². The molecule has 2 aliphatic rings. The van der Waals surface area contributed by atoms with Crippen LogP contribution in [0.1, 0.15) is 36.0 Å². The number of fused-ring (bicyclic) bond motifs is 1. The molecule has 1 fully saturated rings. The Morgan fingerprint density at radius 3 is 2.50 bits per heavy atom. The minimum Gasteiger partial charge on any atom is -0.508 e. The molecular formula is C30H32FNO4S2. The van der Waals surface area contributed by atoms with Crippen molar-refractivity contribution in [2.45, 2.75) is 35.2 Å². The van der Waals surface area contributed by atoms with Crippen LogP contribution in [0.15, 0.2) is 76.5 Å². The number of phenols is 1. The number of phenolic OH excluding ortho intramolecular Hbond substituents is 1. The molecule has 3 aromatic carbocycles. The van der Waals surface area contributed by atoms with Gasteiger partial charge in [-0.25, -0.2) is 8.42 Å². The molecule has 0 aliphatic carbocycles. The number of likely N-dealkylation sites (tertiary alicyclic amines) is 1. The zero-order chi connectivity index (χ0) is 26.7. The minimum absolute atomic E-state index is 0.0987. The normalized spacial score (nSPS) is 18.3. The third-order valence-corrected chi connectivity index (χ3v) is 9.25. The van der Waals surface area contributed by atoms with Crippen LogP contribution in [0.4, 0.5) is 4.39 Å². The lowest BCUT2D eigenvalue weighted by Gasteiger charge is -2.18. The van der Waals surface area contributed by atoms with Crippen molar-refractivity contribution in [3.63, 3.8) is 0 Å². The van der Waals surface area contributed by atoms with Gasteiger partial charge in [0.05, 0.1) is 11.6 Å². The van der Waals surface area contributed by atoms with Gasteiger partial charge >= 0.3 is 0 Å². The molecular weight excluding hydrogens is 521 g/mol. The summed E-state index contributed by atoms with van der Waals surface area (Å²) in [4.78, 5) is 3.57. The van der Waals surface area contributed by atoms with Gasteiger partial charge < -0.3 is 9.84 Å². The zero-order valence-corrected chi connectivity index (χ0v) is 23.0. The van der Waals surface area contributed by atoms with Crippen LogP contribution in [0.5, 0.6) is 11.5 Å². The summed E-state index contributed by atoms with van der Waals surface area (Å²) in [6.45, 7) is 2.22. The maximum Gasteiger partial charge on any atom is 0.175 e. The molecule has 8 heteroatoms. The molecule has 5 nitrogen and oxygen atoms in total. The van der Waals surface area contributed by atoms with E-state index in [0.717, 1.165) is 76.7 Å². The fourth-order valence-corrected chi connectivity index (χ4v) is 6.87. The van der Waals surface area contributed by atoms with Crippen LogP contribution >= 0.6 is 11.8 Å². The van der Waals surface area contributed by atoms with Gasteiger partial charge in [-0.15, -0.1) is 11.8 Å². The number of thioether (sulfide) groups is 1. The maximum absolute atomic E-state index is 12.5. The van der Waals surface area contributed by atoms with Crippen LogP contribution < -0.4 is 4.74 Å². The molecule has 5 rings (SSSR count). The van der Waals surface area contributed by atoms with E-state index in [2.05, 4.69) is 17.0 Å². The number of aromatic hydroxyl groups is 1. The van der Waals surface area contributed by atoms with Crippen molar-refractivity contribution in [3.8, 4) is 11.5 Å². The average Bonchev–Trinajstić information content (AvgIpc) is 3.26. The highest BCUT2D eigenvalue weighted by Crippen LogP contribution is 2.44. The van der Waals surface area contributed by atoms with Crippen LogP contribution in [-0.2, 0) is 9.84 Å². The van der Waals surface area contributed by atoms with E-state index < -0.39 is 9.84 Å². The Kier molecular flexibility index (Phi) is 8.12. The Balaban J connectivity index is 1.48. The highest BCUT2D eigenvalue weighted by atomic mass is 32.2. The van der Waals surface area contributed by atoms with E-state index in [0.29, 0.717) is 11.3 Å². The third-order valence-electron chi connectivity index (χ3n) is 7.06. The Bertz CT molecular complexity index is 1420. The first kappa shape index (κ1) is 26.8. The van der Waals surface area contributed by atoms with Crippen LogP contribution in [0.3, 0.4) is 0 Å². The lowest BCUT2D eigenvalue weighted by atomic mass is 9.88. The average molecular weight is 554 g/mol. The lowest BCUT2D eigenvalue weighted by Crippen LogP contribution is -2.26. The number of hydrogen-bond acceptors (Lipinski definition) is 6. The van der Waals surface area contributed by atoms with E-state index in [1.165, 1.54) is 6.26 Å². The number of ether oxygens (including phenoxy) is 1. The molecule has 1 atom stereocenters. The van der Waals surface area contributed by atoms with Gasteiger partial charge in [-0.05, 0) is 89.6 Å². The van der Waals surface area contributed by atoms with Crippen molar-refractivity contribution in [2.75, 3.05) is 38.3 Å². The second-order valence-electron chi connectivity index (χ2n) is 9.83. The Labute approximate surface area is 228 Å². The first-order chi connectivity index (χ1) is 18.3. The van der Waals surface area contributed by atoms with Crippen molar-refractivity contribution in [1.82, 2.24) is 4.90 Å². The molecule has 0 saturated carbocycles. The van der Waals surface area contributed by atoms with Gasteiger partial charge in [-0.2, -0.15) is 0 Å². The second kappa shape index (κ2) is 11.5. The molecule has 1 N–H and O–H groups in total. The summed E-state index contributed by atoms with van der Waals surface area (Å²) in [6.07, 6.45) is 3.60. The monoisotopic (exact) mass is 553 g/mol. The highest BCUT2D eigenvalue weighted by molar-refractivity contribution is 7.99. The molecule has 3 aromatic rings. The molecule has 0 bridgehead atoms. The van der Waals surface area contributed by atoms with Crippen LogP contribution in [-0.4, -0.2) is 62.8 Å². The van der Waals surface area contributed by atoms with Crippen LogP contribution in [0, 0.1) is 0 Å². The summed E-state index contributed by atoms with van der Waals surface area (Å²) in [6, 6.07) is 20.7. The lowest BCUT2D eigenvalue weighted by molar-refractivity contribution is 0.198. The first-order valence-corrected chi connectivity index (χ1v) is 15.7. The van der Waals surface area contributed by atoms with E-state index >= 15 is 0 Å². The smallest absolute Gasteiger partial charge is 0.175 e. The van der Waals surface area contributed by atoms with Gasteiger partial charge in [-0.3, -0.25) is 9.29 Å². The zero-order valence-electron chi connectivity index (χ0n) is 21.4. The van der Waals surface area contributed by atoms with E-state index in [4.69, 9.17) is 4.74 Å². The Hall–Kier alpha value is -2.81. The summed E-state index contributed by atoms with van der Waals surface area (Å²) in [5.74, 6) is 1.88. The largest absolute Gasteiger partial charge is 0.508 e. The molecule has 1 saturated heterocycles. The maximum atomic E-state index is 12.5. The number of allylic oxidation sites excluding steroid dienone is 1. The summed E-state index contributed by atoms with van der Waals surface area (Å²) < 4.78 is 42.8. The Morgan fingerprint density at radius 1 is 1.05 bits per heavy atom. The molecule has 0 radical (unpaired) electrons.